The second kappa shape index (κ2) is 12.6. The monoisotopic (exact) mass is 616 g/mol. The van der Waals surface area contributed by atoms with Gasteiger partial charge in [-0.1, -0.05) is 30.0 Å². The first kappa shape index (κ1) is 28.4. The molecule has 0 spiro atoms. The molecule has 10 nitrogen and oxygen atoms in total. The topological polar surface area (TPSA) is 115 Å². The highest BCUT2D eigenvalue weighted by Crippen LogP contribution is 2.35. The maximum Gasteiger partial charge on any atom is 0.287 e. The SMILES string of the molecule is COc1ccc([C@@H]2CC(c3cccs3)=NN2C(=O)CSc2nnc(CNC(=O)c3ccco3)n2-c2ccc(F)cc2)cc1. The number of hydrazone groups is 1. The van der Waals surface area contributed by atoms with Gasteiger partial charge in [-0.3, -0.25) is 14.2 Å². The first-order valence-corrected chi connectivity index (χ1v) is 15.1. The highest BCUT2D eigenvalue weighted by Gasteiger charge is 2.33. The van der Waals surface area contributed by atoms with Crippen molar-refractivity contribution in [1.82, 2.24) is 25.1 Å². The van der Waals surface area contributed by atoms with E-state index in [2.05, 4.69) is 15.5 Å². The van der Waals surface area contributed by atoms with Crippen LogP contribution in [0.25, 0.3) is 5.69 Å². The number of methoxy groups -OCH3 is 1. The molecule has 1 aliphatic rings. The maximum atomic E-state index is 13.7. The van der Waals surface area contributed by atoms with E-state index in [-0.39, 0.29) is 30.0 Å². The fourth-order valence-corrected chi connectivity index (χ4v) is 6.17. The molecule has 4 heterocycles. The quantitative estimate of drug-likeness (QED) is 0.207. The number of hydrogen-bond acceptors (Lipinski definition) is 9. The Bertz CT molecular complexity index is 1740. The number of furan rings is 1. The second-order valence-electron chi connectivity index (χ2n) is 9.41. The van der Waals surface area contributed by atoms with Crippen LogP contribution in [0, 0.1) is 5.82 Å². The molecular weight excluding hydrogens is 592 g/mol. The molecule has 0 bridgehead atoms. The third kappa shape index (κ3) is 6.22. The van der Waals surface area contributed by atoms with Crippen molar-refractivity contribution in [3.8, 4) is 11.4 Å². The van der Waals surface area contributed by atoms with Gasteiger partial charge < -0.3 is 14.5 Å². The molecule has 0 aliphatic carbocycles. The molecule has 0 unspecified atom stereocenters. The van der Waals surface area contributed by atoms with Gasteiger partial charge in [0.2, 0.25) is 0 Å². The van der Waals surface area contributed by atoms with E-state index < -0.39 is 11.7 Å². The minimum Gasteiger partial charge on any atom is -0.497 e. The van der Waals surface area contributed by atoms with Crippen molar-refractivity contribution in [3.05, 3.63) is 112 Å². The van der Waals surface area contributed by atoms with E-state index in [0.29, 0.717) is 23.1 Å². The van der Waals surface area contributed by atoms with Gasteiger partial charge in [0.25, 0.3) is 11.8 Å². The van der Waals surface area contributed by atoms with Crippen molar-refractivity contribution in [3.63, 3.8) is 0 Å². The fourth-order valence-electron chi connectivity index (χ4n) is 4.62. The average molecular weight is 617 g/mol. The molecule has 0 saturated carbocycles. The van der Waals surface area contributed by atoms with Crippen molar-refractivity contribution < 1.29 is 23.1 Å². The summed E-state index contributed by atoms with van der Waals surface area (Å²) < 4.78 is 25.9. The molecule has 0 fully saturated rings. The summed E-state index contributed by atoms with van der Waals surface area (Å²) in [5, 5.41) is 20.0. The Hall–Kier alpha value is -4.75. The molecule has 1 aliphatic heterocycles. The van der Waals surface area contributed by atoms with Crippen LogP contribution in [0.1, 0.15) is 39.3 Å². The van der Waals surface area contributed by atoms with Gasteiger partial charge in [-0.25, -0.2) is 9.40 Å². The van der Waals surface area contributed by atoms with Crippen LogP contribution in [0.3, 0.4) is 0 Å². The van der Waals surface area contributed by atoms with Gasteiger partial charge >= 0.3 is 0 Å². The van der Waals surface area contributed by atoms with E-state index in [1.807, 2.05) is 41.8 Å². The minimum atomic E-state index is -0.416. The molecule has 3 aromatic heterocycles. The maximum absolute atomic E-state index is 13.7. The standard InChI is InChI=1S/C30H25FN6O4S2/c1-40-22-12-6-19(7-13-22)24-16-23(26-5-3-15-42-26)35-37(24)28(38)18-43-30-34-33-27(17-32-29(39)25-4-2-14-41-25)36(30)21-10-8-20(31)9-11-21/h2-15,24H,16-18H2,1H3,(H,32,39)/t24-/m0/s1. The summed E-state index contributed by atoms with van der Waals surface area (Å²) in [4.78, 5) is 27.2. The van der Waals surface area contributed by atoms with Crippen LogP contribution in [0.2, 0.25) is 0 Å². The van der Waals surface area contributed by atoms with E-state index in [9.17, 15) is 14.0 Å². The van der Waals surface area contributed by atoms with Gasteiger partial charge in [-0.05, 0) is 65.5 Å². The van der Waals surface area contributed by atoms with Crippen LogP contribution in [0.5, 0.6) is 5.75 Å². The number of ether oxygens (including phenoxy) is 1. The van der Waals surface area contributed by atoms with Crippen LogP contribution in [-0.2, 0) is 11.3 Å². The first-order valence-electron chi connectivity index (χ1n) is 13.2. The number of hydrogen-bond donors (Lipinski definition) is 1. The lowest BCUT2D eigenvalue weighted by Gasteiger charge is -2.22. The van der Waals surface area contributed by atoms with Gasteiger partial charge in [-0.15, -0.1) is 21.5 Å². The molecule has 1 atom stereocenters. The van der Waals surface area contributed by atoms with Crippen molar-refractivity contribution in [1.29, 1.82) is 0 Å². The van der Waals surface area contributed by atoms with Crippen molar-refractivity contribution in [2.24, 2.45) is 5.10 Å². The first-order chi connectivity index (χ1) is 21.0. The van der Waals surface area contributed by atoms with E-state index in [0.717, 1.165) is 21.9 Å². The molecule has 0 saturated heterocycles. The summed E-state index contributed by atoms with van der Waals surface area (Å²) in [5.74, 6) is 0.285. The number of thiophene rings is 1. The lowest BCUT2D eigenvalue weighted by molar-refractivity contribution is -0.130. The van der Waals surface area contributed by atoms with Gasteiger partial charge in [0.05, 0.1) is 42.3 Å². The summed E-state index contributed by atoms with van der Waals surface area (Å²) in [6, 6.07) is 20.3. The number of carbonyl (C=O) groups is 2. The number of amides is 2. The summed E-state index contributed by atoms with van der Waals surface area (Å²) in [5.41, 5.74) is 2.37. The third-order valence-corrected chi connectivity index (χ3v) is 8.57. The zero-order valence-electron chi connectivity index (χ0n) is 22.8. The van der Waals surface area contributed by atoms with E-state index in [1.165, 1.54) is 35.2 Å². The fraction of sp³-hybridized carbons (Fsp3) is 0.167. The largest absolute Gasteiger partial charge is 0.497 e. The molecule has 1 N–H and O–H groups in total. The number of nitrogens with one attached hydrogen (secondary N) is 1. The lowest BCUT2D eigenvalue weighted by Crippen LogP contribution is -2.28. The zero-order valence-corrected chi connectivity index (χ0v) is 24.5. The van der Waals surface area contributed by atoms with Gasteiger partial charge in [0, 0.05) is 12.1 Å². The van der Waals surface area contributed by atoms with Crippen LogP contribution in [0.4, 0.5) is 4.39 Å². The number of benzene rings is 2. The highest BCUT2D eigenvalue weighted by atomic mass is 32.2. The van der Waals surface area contributed by atoms with Crippen molar-refractivity contribution in [2.75, 3.05) is 12.9 Å². The van der Waals surface area contributed by atoms with Gasteiger partial charge in [-0.2, -0.15) is 5.10 Å². The van der Waals surface area contributed by atoms with E-state index in [4.69, 9.17) is 14.3 Å². The van der Waals surface area contributed by atoms with Crippen molar-refractivity contribution in [2.45, 2.75) is 24.2 Å². The van der Waals surface area contributed by atoms with Crippen LogP contribution < -0.4 is 10.1 Å². The molecule has 13 heteroatoms. The Morgan fingerprint density at radius 3 is 2.60 bits per heavy atom. The third-order valence-electron chi connectivity index (χ3n) is 6.73. The Balaban J connectivity index is 1.23. The summed E-state index contributed by atoms with van der Waals surface area (Å²) in [7, 11) is 1.61. The normalized spacial score (nSPS) is 14.5. The predicted octanol–water partition coefficient (Wildman–Crippen LogP) is 5.47. The number of rotatable bonds is 10. The molecule has 5 aromatic rings. The number of carbonyl (C=O) groups excluding carboxylic acids is 2. The Kier molecular flexibility index (Phi) is 8.34. The molecule has 43 heavy (non-hydrogen) atoms. The van der Waals surface area contributed by atoms with E-state index >= 15 is 0 Å². The second-order valence-corrected chi connectivity index (χ2v) is 11.3. The van der Waals surface area contributed by atoms with Gasteiger partial charge in [0.15, 0.2) is 16.7 Å². The van der Waals surface area contributed by atoms with Gasteiger partial charge in [0.1, 0.15) is 11.6 Å². The molecule has 2 amide bonds. The Labute approximate surface area is 254 Å². The molecule has 218 valence electrons. The summed E-state index contributed by atoms with van der Waals surface area (Å²) >= 11 is 2.76. The molecule has 2 aromatic carbocycles. The highest BCUT2D eigenvalue weighted by molar-refractivity contribution is 7.99. The molecular formula is C30H25FN6O4S2. The van der Waals surface area contributed by atoms with Crippen LogP contribution >= 0.6 is 23.1 Å². The average Bonchev–Trinajstić information content (AvgIpc) is 3.86. The Morgan fingerprint density at radius 2 is 1.91 bits per heavy atom. The summed E-state index contributed by atoms with van der Waals surface area (Å²) in [6.07, 6.45) is 1.99. The number of thioether (sulfide) groups is 1. The van der Waals surface area contributed by atoms with Crippen molar-refractivity contribution >= 4 is 40.6 Å². The number of nitrogens with zero attached hydrogens (tertiary/aromatic N) is 5. The van der Waals surface area contributed by atoms with Crippen LogP contribution in [0.15, 0.2) is 99.1 Å². The zero-order chi connectivity index (χ0) is 29.8. The Morgan fingerprint density at radius 1 is 1.09 bits per heavy atom. The summed E-state index contributed by atoms with van der Waals surface area (Å²) in [6.45, 7) is 0.0263. The van der Waals surface area contributed by atoms with Crippen LogP contribution in [-0.4, -0.2) is 50.2 Å². The minimum absolute atomic E-state index is 0.0198. The predicted molar refractivity (Wildman–Crippen MR) is 160 cm³/mol. The smallest absolute Gasteiger partial charge is 0.287 e. The molecule has 0 radical (unpaired) electrons. The molecule has 6 rings (SSSR count). The lowest BCUT2D eigenvalue weighted by atomic mass is 10.0. The van der Waals surface area contributed by atoms with E-state index in [1.54, 1.807) is 47.3 Å². The number of aromatic nitrogens is 3. The number of halogens is 1.